The SMILES string of the molecule is CC1(C(=O)NCC2(CO)CCC2)CC(c2ccccc2)=NO1. The van der Waals surface area contributed by atoms with Crippen molar-refractivity contribution in [3.8, 4) is 0 Å². The van der Waals surface area contributed by atoms with Crippen molar-refractivity contribution in [1.82, 2.24) is 5.32 Å². The molecule has 0 radical (unpaired) electrons. The zero-order chi connectivity index (χ0) is 15.6. The largest absolute Gasteiger partial charge is 0.396 e. The van der Waals surface area contributed by atoms with E-state index in [0.717, 1.165) is 30.5 Å². The van der Waals surface area contributed by atoms with Gasteiger partial charge in [0.15, 0.2) is 0 Å². The summed E-state index contributed by atoms with van der Waals surface area (Å²) < 4.78 is 0. The van der Waals surface area contributed by atoms with Gasteiger partial charge >= 0.3 is 0 Å². The first-order valence-electron chi connectivity index (χ1n) is 7.77. The molecule has 1 fully saturated rings. The number of nitrogens with one attached hydrogen (secondary N) is 1. The zero-order valence-corrected chi connectivity index (χ0v) is 12.8. The second-order valence-electron chi connectivity index (χ2n) is 6.60. The summed E-state index contributed by atoms with van der Waals surface area (Å²) in [6, 6.07) is 9.74. The molecule has 1 saturated carbocycles. The van der Waals surface area contributed by atoms with Crippen LogP contribution < -0.4 is 5.32 Å². The van der Waals surface area contributed by atoms with Crippen LogP contribution in [0.4, 0.5) is 0 Å². The van der Waals surface area contributed by atoms with Crippen LogP contribution in [0.5, 0.6) is 0 Å². The average Bonchev–Trinajstić information content (AvgIpc) is 2.91. The minimum absolute atomic E-state index is 0.122. The summed E-state index contributed by atoms with van der Waals surface area (Å²) >= 11 is 0. The summed E-state index contributed by atoms with van der Waals surface area (Å²) in [7, 11) is 0. The predicted octanol–water partition coefficient (Wildman–Crippen LogP) is 1.85. The fourth-order valence-corrected chi connectivity index (χ4v) is 2.97. The highest BCUT2D eigenvalue weighted by Crippen LogP contribution is 2.39. The quantitative estimate of drug-likeness (QED) is 0.872. The Hall–Kier alpha value is -1.88. The number of nitrogens with zero attached hydrogens (tertiary/aromatic N) is 1. The summed E-state index contributed by atoms with van der Waals surface area (Å²) in [5, 5.41) is 16.5. The van der Waals surface area contributed by atoms with Crippen molar-refractivity contribution in [2.45, 2.75) is 38.2 Å². The van der Waals surface area contributed by atoms with E-state index >= 15 is 0 Å². The molecule has 1 atom stereocenters. The molecule has 22 heavy (non-hydrogen) atoms. The Balaban J connectivity index is 1.59. The molecule has 0 aromatic heterocycles. The first kappa shape index (κ1) is 15.0. The van der Waals surface area contributed by atoms with Crippen LogP contribution in [0.1, 0.15) is 38.2 Å². The van der Waals surface area contributed by atoms with Gasteiger partial charge in [-0.15, -0.1) is 0 Å². The van der Waals surface area contributed by atoms with Crippen LogP contribution in [0.25, 0.3) is 0 Å². The van der Waals surface area contributed by atoms with E-state index in [-0.39, 0.29) is 17.9 Å². The van der Waals surface area contributed by atoms with Gasteiger partial charge in [-0.3, -0.25) is 4.79 Å². The van der Waals surface area contributed by atoms with Crippen LogP contribution in [-0.2, 0) is 9.63 Å². The monoisotopic (exact) mass is 302 g/mol. The number of carbonyl (C=O) groups excluding carboxylic acids is 1. The van der Waals surface area contributed by atoms with Crippen molar-refractivity contribution in [3.05, 3.63) is 35.9 Å². The van der Waals surface area contributed by atoms with Gasteiger partial charge in [0, 0.05) is 18.4 Å². The van der Waals surface area contributed by atoms with Crippen LogP contribution in [0.15, 0.2) is 35.5 Å². The zero-order valence-electron chi connectivity index (χ0n) is 12.8. The average molecular weight is 302 g/mol. The van der Waals surface area contributed by atoms with Gasteiger partial charge in [-0.2, -0.15) is 0 Å². The first-order chi connectivity index (χ1) is 10.6. The Labute approximate surface area is 130 Å². The summed E-state index contributed by atoms with van der Waals surface area (Å²) in [5.41, 5.74) is 0.669. The molecule has 5 heteroatoms. The number of carbonyl (C=O) groups is 1. The molecule has 1 heterocycles. The Bertz CT molecular complexity index is 575. The second-order valence-corrected chi connectivity index (χ2v) is 6.60. The van der Waals surface area contributed by atoms with Crippen molar-refractivity contribution < 1.29 is 14.7 Å². The summed E-state index contributed by atoms with van der Waals surface area (Å²) in [6.07, 6.45) is 3.50. The maximum Gasteiger partial charge on any atom is 0.267 e. The molecular weight excluding hydrogens is 280 g/mol. The van der Waals surface area contributed by atoms with Gasteiger partial charge in [-0.25, -0.2) is 0 Å². The lowest BCUT2D eigenvalue weighted by Gasteiger charge is -2.40. The van der Waals surface area contributed by atoms with Crippen LogP contribution in [0.2, 0.25) is 0 Å². The molecule has 0 spiro atoms. The van der Waals surface area contributed by atoms with Crippen LogP contribution in [0.3, 0.4) is 0 Å². The van der Waals surface area contributed by atoms with Crippen LogP contribution in [-0.4, -0.2) is 35.5 Å². The molecule has 1 amide bonds. The number of oxime groups is 1. The summed E-state index contributed by atoms with van der Waals surface area (Å²) in [4.78, 5) is 17.9. The fraction of sp³-hybridized carbons (Fsp3) is 0.529. The molecule has 0 saturated heterocycles. The lowest BCUT2D eigenvalue weighted by atomic mass is 9.69. The summed E-state index contributed by atoms with van der Waals surface area (Å²) in [5.74, 6) is -0.165. The van der Waals surface area contributed by atoms with Gasteiger partial charge in [0.1, 0.15) is 0 Å². The van der Waals surface area contributed by atoms with Crippen molar-refractivity contribution in [1.29, 1.82) is 0 Å². The van der Waals surface area contributed by atoms with E-state index in [1.807, 2.05) is 30.3 Å². The molecule has 1 aliphatic carbocycles. The molecule has 3 rings (SSSR count). The number of aliphatic hydroxyl groups excluding tert-OH is 1. The fourth-order valence-electron chi connectivity index (χ4n) is 2.97. The molecular formula is C17H22N2O3. The van der Waals surface area contributed by atoms with Gasteiger partial charge in [0.25, 0.3) is 5.91 Å². The maximum atomic E-state index is 12.5. The number of hydrogen-bond acceptors (Lipinski definition) is 4. The van der Waals surface area contributed by atoms with E-state index < -0.39 is 5.60 Å². The van der Waals surface area contributed by atoms with Gasteiger partial charge < -0.3 is 15.3 Å². The van der Waals surface area contributed by atoms with Crippen LogP contribution in [0, 0.1) is 5.41 Å². The highest BCUT2D eigenvalue weighted by atomic mass is 16.7. The third-order valence-electron chi connectivity index (χ3n) is 4.82. The smallest absolute Gasteiger partial charge is 0.267 e. The minimum atomic E-state index is -0.967. The first-order valence-corrected chi connectivity index (χ1v) is 7.77. The second kappa shape index (κ2) is 5.72. The van der Waals surface area contributed by atoms with Crippen molar-refractivity contribution in [2.24, 2.45) is 10.6 Å². The Morgan fingerprint density at radius 3 is 2.68 bits per heavy atom. The van der Waals surface area contributed by atoms with Gasteiger partial charge in [0.2, 0.25) is 5.60 Å². The van der Waals surface area contributed by atoms with E-state index in [4.69, 9.17) is 4.84 Å². The molecule has 0 bridgehead atoms. The van der Waals surface area contributed by atoms with E-state index in [0.29, 0.717) is 13.0 Å². The molecule has 2 N–H and O–H groups in total. The highest BCUT2D eigenvalue weighted by Gasteiger charge is 2.44. The number of hydrogen-bond donors (Lipinski definition) is 2. The lowest BCUT2D eigenvalue weighted by Crippen LogP contribution is -2.51. The van der Waals surface area contributed by atoms with Crippen LogP contribution >= 0.6 is 0 Å². The van der Waals surface area contributed by atoms with Crippen molar-refractivity contribution in [3.63, 3.8) is 0 Å². The third kappa shape index (κ3) is 2.73. The predicted molar refractivity (Wildman–Crippen MR) is 83.5 cm³/mol. The summed E-state index contributed by atoms with van der Waals surface area (Å²) in [6.45, 7) is 2.38. The number of aliphatic hydroxyl groups is 1. The standard InChI is InChI=1S/C17H22N2O3/c1-16(15(21)18-11-17(12-20)8-5-9-17)10-14(19-22-16)13-6-3-2-4-7-13/h2-4,6-7,20H,5,8-12H2,1H3,(H,18,21). The number of benzene rings is 1. The highest BCUT2D eigenvalue weighted by molar-refractivity contribution is 6.05. The topological polar surface area (TPSA) is 70.9 Å². The Morgan fingerprint density at radius 1 is 1.36 bits per heavy atom. The van der Waals surface area contributed by atoms with E-state index in [1.165, 1.54) is 0 Å². The molecule has 2 aliphatic rings. The molecule has 1 aromatic carbocycles. The Kier molecular flexibility index (Phi) is 3.91. The Morgan fingerprint density at radius 2 is 2.09 bits per heavy atom. The number of amides is 1. The van der Waals surface area contributed by atoms with Gasteiger partial charge in [-0.1, -0.05) is 41.9 Å². The van der Waals surface area contributed by atoms with Crippen molar-refractivity contribution in [2.75, 3.05) is 13.2 Å². The minimum Gasteiger partial charge on any atom is -0.396 e. The van der Waals surface area contributed by atoms with Gasteiger partial charge in [0.05, 0.1) is 12.3 Å². The molecule has 1 aliphatic heterocycles. The lowest BCUT2D eigenvalue weighted by molar-refractivity contribution is -0.142. The molecule has 118 valence electrons. The molecule has 1 unspecified atom stereocenters. The normalized spacial score (nSPS) is 25.8. The van der Waals surface area contributed by atoms with E-state index in [1.54, 1.807) is 6.92 Å². The number of rotatable bonds is 5. The third-order valence-corrected chi connectivity index (χ3v) is 4.82. The maximum absolute atomic E-state index is 12.5. The van der Waals surface area contributed by atoms with E-state index in [9.17, 15) is 9.90 Å². The van der Waals surface area contributed by atoms with Gasteiger partial charge in [-0.05, 0) is 25.3 Å². The molecule has 1 aromatic rings. The molecule has 5 nitrogen and oxygen atoms in total. The van der Waals surface area contributed by atoms with E-state index in [2.05, 4.69) is 10.5 Å². The van der Waals surface area contributed by atoms with Crippen molar-refractivity contribution >= 4 is 11.6 Å².